The number of primary amides is 1. The van der Waals surface area contributed by atoms with Gasteiger partial charge in [-0.15, -0.1) is 0 Å². The number of nitrogens with two attached hydrogens (primary N) is 1. The largest absolute Gasteiger partial charge is 0.445 e. The lowest BCUT2D eigenvalue weighted by molar-refractivity contribution is 0.0373. The van der Waals surface area contributed by atoms with Crippen LogP contribution in [0.1, 0.15) is 41.7 Å². The van der Waals surface area contributed by atoms with Gasteiger partial charge in [-0.05, 0) is 62.8 Å². The molecule has 1 saturated carbocycles. The van der Waals surface area contributed by atoms with Gasteiger partial charge in [-0.25, -0.2) is 9.78 Å². The molecule has 2 N–H and O–H groups in total. The number of amides is 2. The molecule has 3 aromatic heterocycles. The Balaban J connectivity index is 1.34. The number of aromatic nitrogens is 3. The van der Waals surface area contributed by atoms with E-state index in [4.69, 9.17) is 15.5 Å². The van der Waals surface area contributed by atoms with Gasteiger partial charge in [0.2, 0.25) is 0 Å². The lowest BCUT2D eigenvalue weighted by Crippen LogP contribution is -2.44. The van der Waals surface area contributed by atoms with E-state index in [0.29, 0.717) is 25.1 Å². The Bertz CT molecular complexity index is 1450. The molecule has 0 spiro atoms. The average Bonchev–Trinajstić information content (AvgIpc) is 3.52. The third-order valence-corrected chi connectivity index (χ3v) is 7.25. The second kappa shape index (κ2) is 8.45. The van der Waals surface area contributed by atoms with Gasteiger partial charge in [0, 0.05) is 41.4 Å². The van der Waals surface area contributed by atoms with E-state index in [1.54, 1.807) is 4.90 Å². The summed E-state index contributed by atoms with van der Waals surface area (Å²) in [5.74, 6) is 0.647. The first-order chi connectivity index (χ1) is 17.0. The Labute approximate surface area is 203 Å². The highest BCUT2D eigenvalue weighted by Gasteiger charge is 2.28. The van der Waals surface area contributed by atoms with Gasteiger partial charge in [0.15, 0.2) is 0 Å². The van der Waals surface area contributed by atoms with E-state index in [0.717, 1.165) is 41.6 Å². The maximum absolute atomic E-state index is 13.2. The van der Waals surface area contributed by atoms with Crippen LogP contribution in [-0.4, -0.2) is 50.0 Å². The van der Waals surface area contributed by atoms with Crippen LogP contribution >= 0.6 is 0 Å². The van der Waals surface area contributed by atoms with E-state index in [1.165, 1.54) is 23.7 Å². The van der Waals surface area contributed by atoms with Gasteiger partial charge in [0.05, 0.1) is 12.2 Å². The number of ether oxygens (including phenoxy) is 1. The van der Waals surface area contributed by atoms with E-state index in [2.05, 4.69) is 41.8 Å². The van der Waals surface area contributed by atoms with Crippen LogP contribution in [0.4, 0.5) is 4.79 Å². The zero-order valence-corrected chi connectivity index (χ0v) is 19.8. The number of rotatable bonds is 5. The number of nitrogens with zero attached hydrogens (tertiary/aromatic N) is 4. The molecule has 1 aliphatic carbocycles. The number of aryl methyl sites for hydroxylation is 1. The van der Waals surface area contributed by atoms with Crippen LogP contribution in [0.25, 0.3) is 27.9 Å². The van der Waals surface area contributed by atoms with E-state index in [9.17, 15) is 9.59 Å². The fourth-order valence-electron chi connectivity index (χ4n) is 5.27. The molecule has 1 saturated heterocycles. The first kappa shape index (κ1) is 21.7. The number of carbonyl (C=O) groups is 2. The molecule has 8 heteroatoms. The Morgan fingerprint density at radius 1 is 1.14 bits per heavy atom. The van der Waals surface area contributed by atoms with Gasteiger partial charge in [0.1, 0.15) is 17.4 Å². The number of pyridine rings is 1. The van der Waals surface area contributed by atoms with Gasteiger partial charge < -0.3 is 24.3 Å². The summed E-state index contributed by atoms with van der Waals surface area (Å²) in [5.41, 5.74) is 10.8. The highest BCUT2D eigenvalue weighted by atomic mass is 16.6. The van der Waals surface area contributed by atoms with Crippen LogP contribution in [0, 0.1) is 12.8 Å². The molecule has 2 amide bonds. The fourth-order valence-corrected chi connectivity index (χ4v) is 5.27. The van der Waals surface area contributed by atoms with Crippen molar-refractivity contribution >= 4 is 28.6 Å². The van der Waals surface area contributed by atoms with Gasteiger partial charge in [-0.3, -0.25) is 4.79 Å². The van der Waals surface area contributed by atoms with Crippen molar-refractivity contribution in [3.8, 4) is 11.4 Å². The maximum Gasteiger partial charge on any atom is 0.404 e. The van der Waals surface area contributed by atoms with Crippen molar-refractivity contribution in [3.63, 3.8) is 0 Å². The van der Waals surface area contributed by atoms with Gasteiger partial charge in [0.25, 0.3) is 5.91 Å². The molecule has 6 rings (SSSR count). The van der Waals surface area contributed by atoms with Crippen LogP contribution in [0.3, 0.4) is 0 Å². The second-order valence-corrected chi connectivity index (χ2v) is 9.78. The van der Waals surface area contributed by atoms with E-state index in [-0.39, 0.29) is 12.0 Å². The zero-order chi connectivity index (χ0) is 24.1. The molecule has 35 heavy (non-hydrogen) atoms. The topological polar surface area (TPSA) is 94.9 Å². The van der Waals surface area contributed by atoms with Crippen molar-refractivity contribution in [3.05, 3.63) is 59.9 Å². The highest BCUT2D eigenvalue weighted by molar-refractivity contribution is 5.95. The van der Waals surface area contributed by atoms with Crippen LogP contribution in [0.5, 0.6) is 0 Å². The molecule has 2 aliphatic rings. The Hall–Kier alpha value is -3.81. The quantitative estimate of drug-likeness (QED) is 0.467. The van der Waals surface area contributed by atoms with E-state index >= 15 is 0 Å². The van der Waals surface area contributed by atoms with Crippen molar-refractivity contribution in [2.24, 2.45) is 11.7 Å². The maximum atomic E-state index is 13.2. The molecule has 4 aromatic rings. The minimum atomic E-state index is -0.801. The molecule has 0 unspecified atom stereocenters. The summed E-state index contributed by atoms with van der Waals surface area (Å²) >= 11 is 0. The monoisotopic (exact) mass is 471 g/mol. The van der Waals surface area contributed by atoms with Crippen molar-refractivity contribution in [2.75, 3.05) is 13.1 Å². The molecule has 4 heterocycles. The number of likely N-dealkylation sites (tertiary alicyclic amines) is 1. The Morgan fingerprint density at radius 3 is 2.77 bits per heavy atom. The molecule has 180 valence electrons. The van der Waals surface area contributed by atoms with Crippen LogP contribution in [0.2, 0.25) is 0 Å². The number of imidazole rings is 1. The first-order valence-corrected chi connectivity index (χ1v) is 12.3. The number of hydrogen-bond donors (Lipinski definition) is 1. The normalized spacial score (nSPS) is 18.3. The summed E-state index contributed by atoms with van der Waals surface area (Å²) in [6, 6.07) is 14.4. The van der Waals surface area contributed by atoms with Crippen LogP contribution in [0.15, 0.2) is 48.7 Å². The molecule has 1 aromatic carbocycles. The van der Waals surface area contributed by atoms with Crippen molar-refractivity contribution in [1.82, 2.24) is 18.9 Å². The third-order valence-electron chi connectivity index (χ3n) is 7.25. The average molecular weight is 472 g/mol. The standard InChI is InChI=1S/C27H29N5O3/c1-17-25(23-13-19-5-2-3-7-22(19)32(23)15-18-8-9-18)29-24-14-20(10-12-31(17)24)26(33)30-11-4-6-21(16-30)35-27(28)34/h2-3,5,7,10,12-14,18,21H,4,6,8-9,11,15-16H2,1H3,(H2,28,34)/t21-/m1/s1. The van der Waals surface area contributed by atoms with Crippen molar-refractivity contribution in [2.45, 2.75) is 45.3 Å². The smallest absolute Gasteiger partial charge is 0.404 e. The summed E-state index contributed by atoms with van der Waals surface area (Å²) < 4.78 is 9.59. The highest BCUT2D eigenvalue weighted by Crippen LogP contribution is 2.36. The minimum absolute atomic E-state index is 0.0877. The number of piperidine rings is 1. The Kier molecular flexibility index (Phi) is 5.24. The fraction of sp³-hybridized carbons (Fsp3) is 0.370. The number of fused-ring (bicyclic) bond motifs is 2. The number of carbonyl (C=O) groups excluding carboxylic acids is 2. The molecule has 0 radical (unpaired) electrons. The minimum Gasteiger partial charge on any atom is -0.445 e. The molecule has 0 bridgehead atoms. The predicted octanol–water partition coefficient (Wildman–Crippen LogP) is 4.37. The molecule has 8 nitrogen and oxygen atoms in total. The van der Waals surface area contributed by atoms with Gasteiger partial charge in [-0.1, -0.05) is 18.2 Å². The summed E-state index contributed by atoms with van der Waals surface area (Å²) in [4.78, 5) is 31.1. The summed E-state index contributed by atoms with van der Waals surface area (Å²) in [6.07, 6.45) is 4.80. The van der Waals surface area contributed by atoms with Crippen LogP contribution < -0.4 is 5.73 Å². The molecular weight excluding hydrogens is 442 g/mol. The van der Waals surface area contributed by atoms with E-state index in [1.807, 2.05) is 22.7 Å². The third kappa shape index (κ3) is 4.03. The summed E-state index contributed by atoms with van der Waals surface area (Å²) in [7, 11) is 0. The van der Waals surface area contributed by atoms with Gasteiger partial charge >= 0.3 is 6.09 Å². The SMILES string of the molecule is Cc1c(-c2cc3ccccc3n2CC2CC2)nc2cc(C(=O)N3CCC[C@@H](OC(N)=O)C3)ccn12. The molecule has 1 aliphatic heterocycles. The van der Waals surface area contributed by atoms with Crippen LogP contribution in [-0.2, 0) is 11.3 Å². The predicted molar refractivity (Wildman–Crippen MR) is 133 cm³/mol. The van der Waals surface area contributed by atoms with Crippen molar-refractivity contribution in [1.29, 1.82) is 0 Å². The molecular formula is C27H29N5O3. The van der Waals surface area contributed by atoms with E-state index < -0.39 is 6.09 Å². The molecule has 1 atom stereocenters. The molecule has 2 fully saturated rings. The summed E-state index contributed by atoms with van der Waals surface area (Å²) in [6.45, 7) is 4.06. The Morgan fingerprint density at radius 2 is 1.97 bits per heavy atom. The zero-order valence-electron chi connectivity index (χ0n) is 19.8. The number of benzene rings is 1. The number of para-hydroxylation sites is 1. The second-order valence-electron chi connectivity index (χ2n) is 9.78. The van der Waals surface area contributed by atoms with Crippen molar-refractivity contribution < 1.29 is 14.3 Å². The summed E-state index contributed by atoms with van der Waals surface area (Å²) in [5, 5.41) is 1.22. The lowest BCUT2D eigenvalue weighted by atomic mass is 10.1. The lowest BCUT2D eigenvalue weighted by Gasteiger charge is -2.32. The van der Waals surface area contributed by atoms with Gasteiger partial charge in [-0.2, -0.15) is 0 Å². The first-order valence-electron chi connectivity index (χ1n) is 12.3. The number of hydrogen-bond acceptors (Lipinski definition) is 4.